The molecule has 0 unspecified atom stereocenters. The second-order valence-corrected chi connectivity index (χ2v) is 13.8. The maximum absolute atomic E-state index is 4.86. The molecule has 3 heterocycles. The van der Waals surface area contributed by atoms with Crippen LogP contribution >= 0.6 is 11.8 Å². The largest absolute Gasteiger partial charge is 0.321 e. The molecule has 0 aliphatic carbocycles. The molecule has 0 saturated carbocycles. The van der Waals surface area contributed by atoms with Crippen molar-refractivity contribution in [2.75, 3.05) is 16.5 Å². The molecule has 0 radical (unpaired) electrons. The van der Waals surface area contributed by atoms with Crippen molar-refractivity contribution in [3.8, 4) is 5.82 Å². The number of fused-ring (bicyclic) bond motifs is 4. The van der Waals surface area contributed by atoms with Crippen molar-refractivity contribution in [3.63, 3.8) is 0 Å². The van der Waals surface area contributed by atoms with Crippen LogP contribution in [0, 0.1) is 0 Å². The van der Waals surface area contributed by atoms with E-state index in [4.69, 9.17) is 4.98 Å². The van der Waals surface area contributed by atoms with Crippen LogP contribution in [0.2, 0.25) is 0 Å². The van der Waals surface area contributed by atoms with Crippen LogP contribution in [0.15, 0.2) is 149 Å². The van der Waals surface area contributed by atoms with Gasteiger partial charge in [0.05, 0.1) is 22.4 Å². The zero-order valence-electron chi connectivity index (χ0n) is 25.7. The zero-order valence-corrected chi connectivity index (χ0v) is 26.5. The highest BCUT2D eigenvalue weighted by Crippen LogP contribution is 2.45. The standard InChI is InChI=1S/C40H34N4S/c1-40(2,3)28-22-23-41-39(24-28)44-35-17-8-7-16-33(35)34-21-20-32(26-38(34)44)45-31-15-11-14-30(25-31)43-27-42(29-12-5-4-6-13-29)36-18-9-10-19-37(36)43/h4-26H,27H2,1-3H3. The first kappa shape index (κ1) is 27.5. The summed E-state index contributed by atoms with van der Waals surface area (Å²) < 4.78 is 2.32. The summed E-state index contributed by atoms with van der Waals surface area (Å²) in [6.07, 6.45) is 1.94. The molecular weight excluding hydrogens is 569 g/mol. The molecular formula is C40H34N4S. The maximum atomic E-state index is 4.86. The Balaban J connectivity index is 1.17. The molecule has 1 aliphatic rings. The van der Waals surface area contributed by atoms with Crippen molar-refractivity contribution in [2.24, 2.45) is 0 Å². The van der Waals surface area contributed by atoms with Crippen LogP contribution in [0.4, 0.5) is 22.7 Å². The highest BCUT2D eigenvalue weighted by molar-refractivity contribution is 7.99. The molecule has 0 fully saturated rings. The Morgan fingerprint density at radius 1 is 0.578 bits per heavy atom. The summed E-state index contributed by atoms with van der Waals surface area (Å²) in [4.78, 5) is 12.0. The highest BCUT2D eigenvalue weighted by atomic mass is 32.2. The van der Waals surface area contributed by atoms with Crippen molar-refractivity contribution in [3.05, 3.63) is 145 Å². The monoisotopic (exact) mass is 602 g/mol. The Morgan fingerprint density at radius 3 is 2.04 bits per heavy atom. The molecule has 5 heteroatoms. The lowest BCUT2D eigenvalue weighted by Gasteiger charge is -2.22. The third-order valence-electron chi connectivity index (χ3n) is 8.66. The van der Waals surface area contributed by atoms with Crippen molar-refractivity contribution >= 4 is 56.3 Å². The molecule has 220 valence electrons. The third-order valence-corrected chi connectivity index (χ3v) is 9.64. The number of hydrogen-bond donors (Lipinski definition) is 0. The summed E-state index contributed by atoms with van der Waals surface area (Å²) in [5.41, 5.74) is 8.48. The van der Waals surface area contributed by atoms with E-state index in [1.807, 2.05) is 6.20 Å². The van der Waals surface area contributed by atoms with E-state index in [0.29, 0.717) is 0 Å². The van der Waals surface area contributed by atoms with Gasteiger partial charge in [-0.25, -0.2) is 4.98 Å². The Kier molecular flexibility index (Phi) is 6.65. The summed E-state index contributed by atoms with van der Waals surface area (Å²) >= 11 is 1.80. The van der Waals surface area contributed by atoms with Gasteiger partial charge in [0.1, 0.15) is 12.5 Å². The molecule has 7 aromatic rings. The zero-order chi connectivity index (χ0) is 30.5. The lowest BCUT2D eigenvalue weighted by atomic mass is 9.88. The fourth-order valence-electron chi connectivity index (χ4n) is 6.38. The molecule has 45 heavy (non-hydrogen) atoms. The van der Waals surface area contributed by atoms with Gasteiger partial charge >= 0.3 is 0 Å². The average Bonchev–Trinajstić information content (AvgIpc) is 3.61. The van der Waals surface area contributed by atoms with Gasteiger partial charge in [-0.15, -0.1) is 0 Å². The molecule has 0 N–H and O–H groups in total. The van der Waals surface area contributed by atoms with E-state index in [1.165, 1.54) is 59.9 Å². The van der Waals surface area contributed by atoms with E-state index in [2.05, 4.69) is 169 Å². The number of aromatic nitrogens is 2. The molecule has 1 aliphatic heterocycles. The fraction of sp³-hybridized carbons (Fsp3) is 0.125. The number of pyridine rings is 1. The Labute approximate surface area is 268 Å². The van der Waals surface area contributed by atoms with E-state index < -0.39 is 0 Å². The molecule has 5 aromatic carbocycles. The van der Waals surface area contributed by atoms with E-state index in [0.717, 1.165) is 12.5 Å². The van der Waals surface area contributed by atoms with Gasteiger partial charge in [0.15, 0.2) is 0 Å². The van der Waals surface area contributed by atoms with Gasteiger partial charge in [0.25, 0.3) is 0 Å². The number of hydrogen-bond acceptors (Lipinski definition) is 4. The average molecular weight is 603 g/mol. The van der Waals surface area contributed by atoms with E-state index >= 15 is 0 Å². The summed E-state index contributed by atoms with van der Waals surface area (Å²) in [6.45, 7) is 7.52. The van der Waals surface area contributed by atoms with Crippen molar-refractivity contribution in [2.45, 2.75) is 36.0 Å². The van der Waals surface area contributed by atoms with Crippen LogP contribution in [-0.2, 0) is 5.41 Å². The molecule has 2 aromatic heterocycles. The van der Waals surface area contributed by atoms with Crippen LogP contribution in [-0.4, -0.2) is 16.2 Å². The minimum atomic E-state index is 0.0382. The van der Waals surface area contributed by atoms with Crippen LogP contribution in [0.3, 0.4) is 0 Å². The number of anilines is 4. The van der Waals surface area contributed by atoms with Crippen molar-refractivity contribution < 1.29 is 0 Å². The van der Waals surface area contributed by atoms with Gasteiger partial charge in [0.2, 0.25) is 0 Å². The van der Waals surface area contributed by atoms with E-state index in [1.54, 1.807) is 11.8 Å². The minimum Gasteiger partial charge on any atom is -0.321 e. The lowest BCUT2D eigenvalue weighted by Crippen LogP contribution is -2.23. The summed E-state index contributed by atoms with van der Waals surface area (Å²) in [5.74, 6) is 0.952. The SMILES string of the molecule is CC(C)(C)c1ccnc(-n2c3ccccc3c3ccc(Sc4cccc(N5CN(c6ccccc6)c6ccccc65)c4)cc32)c1. The number of para-hydroxylation sites is 4. The number of rotatable bonds is 5. The predicted molar refractivity (Wildman–Crippen MR) is 190 cm³/mol. The Hall–Kier alpha value is -5.00. The van der Waals surface area contributed by atoms with Crippen molar-refractivity contribution in [1.29, 1.82) is 0 Å². The van der Waals surface area contributed by atoms with Crippen LogP contribution in [0.5, 0.6) is 0 Å². The molecule has 0 spiro atoms. The normalized spacial score (nSPS) is 13.1. The van der Waals surface area contributed by atoms with Crippen LogP contribution in [0.25, 0.3) is 27.6 Å². The Morgan fingerprint density at radius 2 is 1.24 bits per heavy atom. The summed E-state index contributed by atoms with van der Waals surface area (Å²) in [6, 6.07) is 48.0. The first-order valence-electron chi connectivity index (χ1n) is 15.4. The number of benzene rings is 5. The van der Waals surface area contributed by atoms with E-state index in [9.17, 15) is 0 Å². The maximum Gasteiger partial charge on any atom is 0.137 e. The molecule has 0 atom stereocenters. The molecule has 4 nitrogen and oxygen atoms in total. The quantitative estimate of drug-likeness (QED) is 0.196. The van der Waals surface area contributed by atoms with E-state index in [-0.39, 0.29) is 5.41 Å². The fourth-order valence-corrected chi connectivity index (χ4v) is 7.29. The van der Waals surface area contributed by atoms with Crippen molar-refractivity contribution in [1.82, 2.24) is 9.55 Å². The Bertz CT molecular complexity index is 2180. The topological polar surface area (TPSA) is 24.3 Å². The second kappa shape index (κ2) is 10.9. The first-order valence-corrected chi connectivity index (χ1v) is 16.2. The number of nitrogens with zero attached hydrogens (tertiary/aromatic N) is 4. The highest BCUT2D eigenvalue weighted by Gasteiger charge is 2.27. The van der Waals surface area contributed by atoms with Gasteiger partial charge in [-0.3, -0.25) is 4.57 Å². The van der Waals surface area contributed by atoms with Gasteiger partial charge in [0, 0.05) is 38.1 Å². The molecule has 0 amide bonds. The van der Waals surface area contributed by atoms with Gasteiger partial charge in [-0.2, -0.15) is 0 Å². The third kappa shape index (κ3) is 4.94. The first-order chi connectivity index (χ1) is 21.9. The van der Waals surface area contributed by atoms with Gasteiger partial charge < -0.3 is 9.80 Å². The smallest absolute Gasteiger partial charge is 0.137 e. The van der Waals surface area contributed by atoms with Crippen LogP contribution < -0.4 is 9.80 Å². The molecule has 8 rings (SSSR count). The summed E-state index contributed by atoms with van der Waals surface area (Å²) in [5, 5.41) is 2.48. The van der Waals surface area contributed by atoms with Crippen LogP contribution in [0.1, 0.15) is 26.3 Å². The second-order valence-electron chi connectivity index (χ2n) is 12.6. The summed E-state index contributed by atoms with van der Waals surface area (Å²) in [7, 11) is 0. The molecule has 0 saturated heterocycles. The minimum absolute atomic E-state index is 0.0382. The van der Waals surface area contributed by atoms with Gasteiger partial charge in [-0.1, -0.05) is 93.2 Å². The lowest BCUT2D eigenvalue weighted by molar-refractivity contribution is 0.588. The molecule has 0 bridgehead atoms. The van der Waals surface area contributed by atoms with Gasteiger partial charge in [-0.05, 0) is 83.8 Å². The predicted octanol–water partition coefficient (Wildman–Crippen LogP) is 10.9.